The molecule has 0 amide bonds. The zero-order chi connectivity index (χ0) is 15.6. The van der Waals surface area contributed by atoms with Gasteiger partial charge in [-0.2, -0.15) is 4.31 Å². The van der Waals surface area contributed by atoms with Crippen molar-refractivity contribution in [2.45, 2.75) is 17.7 Å². The summed E-state index contributed by atoms with van der Waals surface area (Å²) in [6.07, 6.45) is 0.457. The number of carboxylic acids is 1. The Balaban J connectivity index is 2.21. The van der Waals surface area contributed by atoms with Gasteiger partial charge in [0.15, 0.2) is 0 Å². The molecule has 1 aliphatic heterocycles. The molecule has 0 aliphatic carbocycles. The standard InChI is InChI=1S/C13H16FNO5S/c1-20-10-2-3-12(11(14)8-10)21(18,19)15-6-4-9(5-7-15)13(16)17/h2-3,8-9H,4-7H2,1H3,(H,16,17). The normalized spacial score (nSPS) is 17.6. The van der Waals surface area contributed by atoms with E-state index < -0.39 is 32.6 Å². The summed E-state index contributed by atoms with van der Waals surface area (Å²) in [7, 11) is -2.60. The molecule has 1 fully saturated rings. The second-order valence-corrected chi connectivity index (χ2v) is 6.72. The molecular weight excluding hydrogens is 301 g/mol. The van der Waals surface area contributed by atoms with Crippen LogP contribution in [0.2, 0.25) is 0 Å². The van der Waals surface area contributed by atoms with Crippen LogP contribution in [0.25, 0.3) is 0 Å². The van der Waals surface area contributed by atoms with Crippen LogP contribution in [-0.2, 0) is 14.8 Å². The molecule has 0 spiro atoms. The number of sulfonamides is 1. The van der Waals surface area contributed by atoms with Gasteiger partial charge >= 0.3 is 5.97 Å². The number of rotatable bonds is 4. The first-order valence-corrected chi connectivity index (χ1v) is 7.86. The monoisotopic (exact) mass is 317 g/mol. The van der Waals surface area contributed by atoms with Gasteiger partial charge in [-0.3, -0.25) is 4.79 Å². The third-order valence-electron chi connectivity index (χ3n) is 3.56. The summed E-state index contributed by atoms with van der Waals surface area (Å²) in [6.45, 7) is 0.148. The van der Waals surface area contributed by atoms with Crippen molar-refractivity contribution in [3.8, 4) is 5.75 Å². The number of benzene rings is 1. The van der Waals surface area contributed by atoms with Crippen LogP contribution >= 0.6 is 0 Å². The van der Waals surface area contributed by atoms with Crippen molar-refractivity contribution in [2.75, 3.05) is 20.2 Å². The Labute approximate surface area is 122 Å². The van der Waals surface area contributed by atoms with E-state index in [1.165, 1.54) is 13.2 Å². The van der Waals surface area contributed by atoms with Crippen LogP contribution in [0.4, 0.5) is 4.39 Å². The van der Waals surface area contributed by atoms with E-state index >= 15 is 0 Å². The van der Waals surface area contributed by atoms with Crippen LogP contribution in [0.5, 0.6) is 5.75 Å². The van der Waals surface area contributed by atoms with Crippen molar-refractivity contribution < 1.29 is 27.4 Å². The maximum absolute atomic E-state index is 13.9. The third kappa shape index (κ3) is 3.16. The first kappa shape index (κ1) is 15.7. The molecule has 1 N–H and O–H groups in total. The summed E-state index contributed by atoms with van der Waals surface area (Å²) in [5.74, 6) is -2.12. The second-order valence-electron chi connectivity index (χ2n) is 4.81. The van der Waals surface area contributed by atoms with E-state index in [9.17, 15) is 17.6 Å². The lowest BCUT2D eigenvalue weighted by Crippen LogP contribution is -2.40. The van der Waals surface area contributed by atoms with Gasteiger partial charge in [0.2, 0.25) is 10.0 Å². The first-order chi connectivity index (χ1) is 9.86. The molecule has 0 unspecified atom stereocenters. The van der Waals surface area contributed by atoms with Gasteiger partial charge in [0, 0.05) is 19.2 Å². The Bertz CT molecular complexity index is 638. The molecule has 116 valence electrons. The van der Waals surface area contributed by atoms with Crippen molar-refractivity contribution in [1.82, 2.24) is 4.31 Å². The van der Waals surface area contributed by atoms with E-state index in [2.05, 4.69) is 0 Å². The van der Waals surface area contributed by atoms with Crippen LogP contribution in [0.3, 0.4) is 0 Å². The molecule has 1 saturated heterocycles. The van der Waals surface area contributed by atoms with Crippen LogP contribution in [0, 0.1) is 11.7 Å². The molecule has 0 saturated carbocycles. The summed E-state index contributed by atoms with van der Waals surface area (Å²) < 4.78 is 44.6. The molecule has 21 heavy (non-hydrogen) atoms. The van der Waals surface area contributed by atoms with E-state index in [1.54, 1.807) is 0 Å². The SMILES string of the molecule is COc1ccc(S(=O)(=O)N2CCC(C(=O)O)CC2)c(F)c1. The average molecular weight is 317 g/mol. The van der Waals surface area contributed by atoms with Gasteiger partial charge in [-0.15, -0.1) is 0 Å². The predicted molar refractivity (Wildman–Crippen MR) is 72.1 cm³/mol. The molecule has 1 aromatic rings. The molecule has 0 bridgehead atoms. The number of carboxylic acid groups (broad SMARTS) is 1. The zero-order valence-electron chi connectivity index (χ0n) is 11.5. The molecule has 2 rings (SSSR count). The molecule has 8 heteroatoms. The summed E-state index contributed by atoms with van der Waals surface area (Å²) in [5.41, 5.74) is 0. The van der Waals surface area contributed by atoms with E-state index in [-0.39, 0.29) is 31.7 Å². The van der Waals surface area contributed by atoms with Gasteiger partial charge in [-0.05, 0) is 25.0 Å². The van der Waals surface area contributed by atoms with Gasteiger partial charge < -0.3 is 9.84 Å². The van der Waals surface area contributed by atoms with Crippen molar-refractivity contribution >= 4 is 16.0 Å². The number of methoxy groups -OCH3 is 1. The lowest BCUT2D eigenvalue weighted by Gasteiger charge is -2.29. The number of aliphatic carboxylic acids is 1. The number of nitrogens with zero attached hydrogens (tertiary/aromatic N) is 1. The Morgan fingerprint density at radius 1 is 1.38 bits per heavy atom. The number of carbonyl (C=O) groups is 1. The van der Waals surface area contributed by atoms with E-state index in [0.29, 0.717) is 0 Å². The summed E-state index contributed by atoms with van der Waals surface area (Å²) in [5, 5.41) is 8.90. The van der Waals surface area contributed by atoms with Crippen LogP contribution in [-0.4, -0.2) is 44.0 Å². The van der Waals surface area contributed by atoms with Crippen LogP contribution < -0.4 is 4.74 Å². The fraction of sp³-hybridized carbons (Fsp3) is 0.462. The highest BCUT2D eigenvalue weighted by Gasteiger charge is 2.33. The van der Waals surface area contributed by atoms with Crippen molar-refractivity contribution in [3.63, 3.8) is 0 Å². The maximum Gasteiger partial charge on any atom is 0.306 e. The van der Waals surface area contributed by atoms with Crippen molar-refractivity contribution in [2.24, 2.45) is 5.92 Å². The van der Waals surface area contributed by atoms with Gasteiger partial charge in [0.05, 0.1) is 13.0 Å². The Hall–Kier alpha value is -1.67. The number of ether oxygens (including phenoxy) is 1. The van der Waals surface area contributed by atoms with Gasteiger partial charge in [0.1, 0.15) is 16.5 Å². The first-order valence-electron chi connectivity index (χ1n) is 6.42. The highest BCUT2D eigenvalue weighted by atomic mass is 32.2. The minimum absolute atomic E-state index is 0.0742. The quantitative estimate of drug-likeness (QED) is 0.905. The Morgan fingerprint density at radius 2 is 2.00 bits per heavy atom. The predicted octanol–water partition coefficient (Wildman–Crippen LogP) is 1.32. The number of hydrogen-bond acceptors (Lipinski definition) is 4. The minimum atomic E-state index is -3.96. The van der Waals surface area contributed by atoms with Gasteiger partial charge in [-0.25, -0.2) is 12.8 Å². The molecule has 1 heterocycles. The highest BCUT2D eigenvalue weighted by Crippen LogP contribution is 2.27. The zero-order valence-corrected chi connectivity index (χ0v) is 12.3. The minimum Gasteiger partial charge on any atom is -0.497 e. The molecule has 6 nitrogen and oxygen atoms in total. The van der Waals surface area contributed by atoms with Crippen molar-refractivity contribution in [3.05, 3.63) is 24.0 Å². The highest BCUT2D eigenvalue weighted by molar-refractivity contribution is 7.89. The van der Waals surface area contributed by atoms with E-state index in [0.717, 1.165) is 16.4 Å². The fourth-order valence-electron chi connectivity index (χ4n) is 2.30. The summed E-state index contributed by atoms with van der Waals surface area (Å²) in [6, 6.07) is 3.55. The van der Waals surface area contributed by atoms with Gasteiger partial charge in [0.25, 0.3) is 0 Å². The molecule has 1 aliphatic rings. The largest absolute Gasteiger partial charge is 0.497 e. The molecule has 0 aromatic heterocycles. The summed E-state index contributed by atoms with van der Waals surface area (Å²) in [4.78, 5) is 10.4. The van der Waals surface area contributed by atoms with E-state index in [4.69, 9.17) is 9.84 Å². The second kappa shape index (κ2) is 5.98. The topological polar surface area (TPSA) is 83.9 Å². The lowest BCUT2D eigenvalue weighted by atomic mass is 9.99. The Morgan fingerprint density at radius 3 is 2.48 bits per heavy atom. The van der Waals surface area contributed by atoms with Crippen molar-refractivity contribution in [1.29, 1.82) is 0 Å². The van der Waals surface area contributed by atoms with Crippen LogP contribution in [0.15, 0.2) is 23.1 Å². The Kier molecular flexibility index (Phi) is 4.48. The average Bonchev–Trinajstić information content (AvgIpc) is 2.46. The molecule has 0 atom stereocenters. The lowest BCUT2D eigenvalue weighted by molar-refractivity contribution is -0.142. The molecule has 0 radical (unpaired) electrons. The smallest absolute Gasteiger partial charge is 0.306 e. The fourth-order valence-corrected chi connectivity index (χ4v) is 3.81. The summed E-state index contributed by atoms with van der Waals surface area (Å²) >= 11 is 0. The number of piperidine rings is 1. The molecule has 1 aromatic carbocycles. The number of hydrogen-bond donors (Lipinski definition) is 1. The van der Waals surface area contributed by atoms with Gasteiger partial charge in [-0.1, -0.05) is 0 Å². The molecular formula is C13H16FNO5S. The number of halogens is 1. The van der Waals surface area contributed by atoms with Crippen LogP contribution in [0.1, 0.15) is 12.8 Å². The third-order valence-corrected chi connectivity index (χ3v) is 5.49. The van der Waals surface area contributed by atoms with E-state index in [1.807, 2.05) is 0 Å². The maximum atomic E-state index is 13.9.